The number of nitrogens with zero attached hydrogens (tertiary/aromatic N) is 3. The molecule has 0 amide bonds. The van der Waals surface area contributed by atoms with Crippen molar-refractivity contribution in [3.8, 4) is 0 Å². The molecule has 4 nitrogen and oxygen atoms in total. The summed E-state index contributed by atoms with van der Waals surface area (Å²) in [6.07, 6.45) is 0.976. The Hall–Kier alpha value is -1.65. The monoisotopic (exact) mass is 272 g/mol. The van der Waals surface area contributed by atoms with Crippen molar-refractivity contribution in [1.29, 1.82) is 0 Å². The van der Waals surface area contributed by atoms with Crippen LogP contribution in [0.2, 0.25) is 0 Å². The zero-order valence-electron chi connectivity index (χ0n) is 12.4. The Kier molecular flexibility index (Phi) is 5.32. The fourth-order valence-electron chi connectivity index (χ4n) is 2.36. The lowest BCUT2D eigenvalue weighted by molar-refractivity contribution is 0.257. The van der Waals surface area contributed by atoms with Gasteiger partial charge in [0.05, 0.1) is 11.4 Å². The highest BCUT2D eigenvalue weighted by molar-refractivity contribution is 5.15. The number of rotatable bonds is 7. The zero-order chi connectivity index (χ0) is 14.4. The summed E-state index contributed by atoms with van der Waals surface area (Å²) in [7, 11) is 2.01. The minimum atomic E-state index is 0.672. The normalized spacial score (nSPS) is 11.2. The molecule has 0 fully saturated rings. The second kappa shape index (κ2) is 7.22. The SMILES string of the molecule is CCc1cc(CN(CCN)Cc2ccccc2)n(C)n1. The molecule has 1 aromatic heterocycles. The van der Waals surface area contributed by atoms with E-state index in [1.165, 1.54) is 11.3 Å². The molecule has 1 heterocycles. The summed E-state index contributed by atoms with van der Waals surface area (Å²) in [6.45, 7) is 5.50. The second-order valence-corrected chi connectivity index (χ2v) is 5.09. The number of benzene rings is 1. The number of aromatic nitrogens is 2. The molecule has 4 heteroatoms. The highest BCUT2D eigenvalue weighted by atomic mass is 15.3. The standard InChI is InChI=1S/C16H24N4/c1-3-15-11-16(19(2)18-15)13-20(10-9-17)12-14-7-5-4-6-8-14/h4-8,11H,3,9-10,12-13,17H2,1-2H3. The van der Waals surface area contributed by atoms with Gasteiger partial charge in [-0.1, -0.05) is 37.3 Å². The van der Waals surface area contributed by atoms with Gasteiger partial charge < -0.3 is 5.73 Å². The van der Waals surface area contributed by atoms with Gasteiger partial charge in [0.2, 0.25) is 0 Å². The van der Waals surface area contributed by atoms with Gasteiger partial charge in [0.15, 0.2) is 0 Å². The Balaban J connectivity index is 2.06. The van der Waals surface area contributed by atoms with E-state index in [0.29, 0.717) is 6.54 Å². The molecule has 2 rings (SSSR count). The van der Waals surface area contributed by atoms with Crippen molar-refractivity contribution in [1.82, 2.24) is 14.7 Å². The van der Waals surface area contributed by atoms with Gasteiger partial charge in [-0.15, -0.1) is 0 Å². The van der Waals surface area contributed by atoms with E-state index in [9.17, 15) is 0 Å². The molecule has 0 aliphatic rings. The van der Waals surface area contributed by atoms with E-state index in [2.05, 4.69) is 47.3 Å². The van der Waals surface area contributed by atoms with Gasteiger partial charge in [-0.05, 0) is 18.1 Å². The molecule has 108 valence electrons. The van der Waals surface area contributed by atoms with Crippen LogP contribution in [0.1, 0.15) is 23.9 Å². The Morgan fingerprint density at radius 3 is 2.55 bits per heavy atom. The van der Waals surface area contributed by atoms with Crippen LogP contribution in [0.25, 0.3) is 0 Å². The fourth-order valence-corrected chi connectivity index (χ4v) is 2.36. The Morgan fingerprint density at radius 1 is 1.20 bits per heavy atom. The summed E-state index contributed by atoms with van der Waals surface area (Å²) >= 11 is 0. The summed E-state index contributed by atoms with van der Waals surface area (Å²) in [5.74, 6) is 0. The summed E-state index contributed by atoms with van der Waals surface area (Å²) in [5.41, 5.74) is 9.45. The van der Waals surface area contributed by atoms with Crippen LogP contribution in [0.3, 0.4) is 0 Å². The molecule has 2 aromatic rings. The number of hydrogen-bond donors (Lipinski definition) is 1. The molecule has 0 aliphatic carbocycles. The van der Waals surface area contributed by atoms with E-state index in [0.717, 1.165) is 31.7 Å². The predicted molar refractivity (Wildman–Crippen MR) is 82.2 cm³/mol. The van der Waals surface area contributed by atoms with Crippen molar-refractivity contribution in [3.05, 3.63) is 53.3 Å². The molecular weight excluding hydrogens is 248 g/mol. The van der Waals surface area contributed by atoms with Gasteiger partial charge in [0.25, 0.3) is 0 Å². The van der Waals surface area contributed by atoms with Crippen LogP contribution in [0.5, 0.6) is 0 Å². The molecule has 2 N–H and O–H groups in total. The first kappa shape index (κ1) is 14.8. The van der Waals surface area contributed by atoms with Crippen molar-refractivity contribution >= 4 is 0 Å². The lowest BCUT2D eigenvalue weighted by atomic mass is 10.2. The first-order valence-corrected chi connectivity index (χ1v) is 7.21. The van der Waals surface area contributed by atoms with Crippen LogP contribution in [-0.4, -0.2) is 27.8 Å². The average molecular weight is 272 g/mol. The first-order valence-electron chi connectivity index (χ1n) is 7.21. The van der Waals surface area contributed by atoms with Crippen LogP contribution < -0.4 is 5.73 Å². The maximum absolute atomic E-state index is 5.74. The molecule has 1 aromatic carbocycles. The first-order chi connectivity index (χ1) is 9.72. The van der Waals surface area contributed by atoms with Crippen LogP contribution in [0.15, 0.2) is 36.4 Å². The maximum Gasteiger partial charge on any atom is 0.0625 e. The molecule has 0 saturated heterocycles. The van der Waals surface area contributed by atoms with E-state index in [4.69, 9.17) is 5.73 Å². The third-order valence-corrected chi connectivity index (χ3v) is 3.47. The highest BCUT2D eigenvalue weighted by Gasteiger charge is 2.10. The Morgan fingerprint density at radius 2 is 1.95 bits per heavy atom. The minimum absolute atomic E-state index is 0.672. The quantitative estimate of drug-likeness (QED) is 0.838. The van der Waals surface area contributed by atoms with Crippen molar-refractivity contribution in [3.63, 3.8) is 0 Å². The van der Waals surface area contributed by atoms with E-state index < -0.39 is 0 Å². The Labute approximate surface area is 121 Å². The fraction of sp³-hybridized carbons (Fsp3) is 0.438. The third kappa shape index (κ3) is 3.92. The van der Waals surface area contributed by atoms with Gasteiger partial charge in [0.1, 0.15) is 0 Å². The topological polar surface area (TPSA) is 47.1 Å². The number of aryl methyl sites for hydroxylation is 2. The van der Waals surface area contributed by atoms with Gasteiger partial charge in [-0.2, -0.15) is 5.10 Å². The molecule has 0 bridgehead atoms. The van der Waals surface area contributed by atoms with E-state index in [1.54, 1.807) is 0 Å². The van der Waals surface area contributed by atoms with E-state index >= 15 is 0 Å². The van der Waals surface area contributed by atoms with Gasteiger partial charge in [-0.3, -0.25) is 9.58 Å². The van der Waals surface area contributed by atoms with E-state index in [-0.39, 0.29) is 0 Å². The number of nitrogens with two attached hydrogens (primary N) is 1. The summed E-state index contributed by atoms with van der Waals surface area (Å²) in [6, 6.07) is 12.7. The molecule has 0 unspecified atom stereocenters. The lowest BCUT2D eigenvalue weighted by Crippen LogP contribution is -2.29. The number of hydrogen-bond acceptors (Lipinski definition) is 3. The highest BCUT2D eigenvalue weighted by Crippen LogP contribution is 2.11. The predicted octanol–water partition coefficient (Wildman–Crippen LogP) is 1.94. The van der Waals surface area contributed by atoms with Crippen LogP contribution >= 0.6 is 0 Å². The minimum Gasteiger partial charge on any atom is -0.329 e. The third-order valence-electron chi connectivity index (χ3n) is 3.47. The van der Waals surface area contributed by atoms with Crippen molar-refractivity contribution in [2.75, 3.05) is 13.1 Å². The van der Waals surface area contributed by atoms with Crippen LogP contribution in [0.4, 0.5) is 0 Å². The summed E-state index contributed by atoms with van der Waals surface area (Å²) in [5, 5.41) is 4.51. The van der Waals surface area contributed by atoms with Crippen molar-refractivity contribution in [2.24, 2.45) is 12.8 Å². The van der Waals surface area contributed by atoms with E-state index in [1.807, 2.05) is 17.8 Å². The second-order valence-electron chi connectivity index (χ2n) is 5.09. The lowest BCUT2D eigenvalue weighted by Gasteiger charge is -2.21. The Bertz CT molecular complexity index is 519. The van der Waals surface area contributed by atoms with Gasteiger partial charge >= 0.3 is 0 Å². The van der Waals surface area contributed by atoms with Gasteiger partial charge in [0, 0.05) is 33.2 Å². The zero-order valence-corrected chi connectivity index (χ0v) is 12.4. The molecule has 0 spiro atoms. The van der Waals surface area contributed by atoms with Crippen molar-refractivity contribution in [2.45, 2.75) is 26.4 Å². The van der Waals surface area contributed by atoms with Crippen molar-refractivity contribution < 1.29 is 0 Å². The molecule has 20 heavy (non-hydrogen) atoms. The molecule has 0 saturated carbocycles. The summed E-state index contributed by atoms with van der Waals surface area (Å²) in [4.78, 5) is 2.37. The molecule has 0 atom stereocenters. The van der Waals surface area contributed by atoms with Crippen LogP contribution in [-0.2, 0) is 26.6 Å². The molecular formula is C16H24N4. The van der Waals surface area contributed by atoms with Crippen LogP contribution in [0, 0.1) is 0 Å². The maximum atomic E-state index is 5.74. The van der Waals surface area contributed by atoms with Gasteiger partial charge in [-0.25, -0.2) is 0 Å². The summed E-state index contributed by atoms with van der Waals surface area (Å²) < 4.78 is 1.98. The smallest absolute Gasteiger partial charge is 0.0625 e. The molecule has 0 radical (unpaired) electrons. The average Bonchev–Trinajstić information content (AvgIpc) is 2.81. The largest absolute Gasteiger partial charge is 0.329 e. The molecule has 0 aliphatic heterocycles.